The Balaban J connectivity index is 2.44. The van der Waals surface area contributed by atoms with Gasteiger partial charge >= 0.3 is 0 Å². The van der Waals surface area contributed by atoms with Crippen molar-refractivity contribution in [2.75, 3.05) is 24.8 Å². The van der Waals surface area contributed by atoms with E-state index in [0.717, 1.165) is 28.4 Å². The molecule has 0 fully saturated rings. The van der Waals surface area contributed by atoms with E-state index < -0.39 is 0 Å². The lowest BCUT2D eigenvalue weighted by atomic mass is 10.1. The number of aryl methyl sites for hydroxylation is 1. The number of hydrogen-bond donors (Lipinski definition) is 1. The average Bonchev–Trinajstić information content (AvgIpc) is 2.38. The van der Waals surface area contributed by atoms with E-state index in [9.17, 15) is 0 Å². The van der Waals surface area contributed by atoms with Crippen LogP contribution in [0.15, 0.2) is 42.5 Å². The second-order valence-corrected chi connectivity index (χ2v) is 4.29. The summed E-state index contributed by atoms with van der Waals surface area (Å²) >= 11 is 0. The zero-order chi connectivity index (χ0) is 13.1. The maximum atomic E-state index is 6.07. The molecule has 2 aromatic rings. The number of rotatable bonds is 3. The van der Waals surface area contributed by atoms with E-state index in [4.69, 9.17) is 10.5 Å². The highest BCUT2D eigenvalue weighted by Gasteiger charge is 2.11. The molecular formula is C15H18N2O. The van der Waals surface area contributed by atoms with Crippen LogP contribution in [0.2, 0.25) is 0 Å². The Bertz CT molecular complexity index is 552. The third-order valence-electron chi connectivity index (χ3n) is 2.99. The quantitative estimate of drug-likeness (QED) is 0.839. The Morgan fingerprint density at radius 3 is 2.44 bits per heavy atom. The Kier molecular flexibility index (Phi) is 3.42. The van der Waals surface area contributed by atoms with E-state index in [1.165, 1.54) is 0 Å². The lowest BCUT2D eigenvalue weighted by Gasteiger charge is -2.23. The number of nitrogens with two attached hydrogens (primary N) is 1. The third kappa shape index (κ3) is 2.25. The van der Waals surface area contributed by atoms with Gasteiger partial charge in [0.05, 0.1) is 24.2 Å². The smallest absolute Gasteiger partial charge is 0.142 e. The minimum atomic E-state index is 0.767. The van der Waals surface area contributed by atoms with Crippen LogP contribution in [-0.2, 0) is 0 Å². The second-order valence-electron chi connectivity index (χ2n) is 4.29. The van der Waals surface area contributed by atoms with Crippen LogP contribution in [0.3, 0.4) is 0 Å². The highest BCUT2D eigenvalue weighted by atomic mass is 16.5. The van der Waals surface area contributed by atoms with Crippen molar-refractivity contribution in [2.45, 2.75) is 6.92 Å². The molecule has 0 aliphatic carbocycles. The molecule has 0 saturated carbocycles. The minimum absolute atomic E-state index is 0.767. The molecule has 0 aliphatic heterocycles. The molecule has 0 saturated heterocycles. The van der Waals surface area contributed by atoms with Gasteiger partial charge in [0.1, 0.15) is 5.75 Å². The third-order valence-corrected chi connectivity index (χ3v) is 2.99. The van der Waals surface area contributed by atoms with Crippen molar-refractivity contribution in [3.05, 3.63) is 48.0 Å². The van der Waals surface area contributed by atoms with Crippen molar-refractivity contribution in [1.82, 2.24) is 0 Å². The molecule has 0 aliphatic rings. The Labute approximate surface area is 108 Å². The zero-order valence-corrected chi connectivity index (χ0v) is 11.0. The first kappa shape index (κ1) is 12.3. The number of hydrogen-bond acceptors (Lipinski definition) is 3. The topological polar surface area (TPSA) is 38.5 Å². The number of ether oxygens (including phenoxy) is 1. The largest absolute Gasteiger partial charge is 0.495 e. The predicted octanol–water partition coefficient (Wildman–Crippen LogP) is 3.35. The first-order valence-electron chi connectivity index (χ1n) is 5.86. The molecule has 2 N–H and O–H groups in total. The first-order chi connectivity index (χ1) is 8.63. The fourth-order valence-corrected chi connectivity index (χ4v) is 2.02. The molecular weight excluding hydrogens is 224 g/mol. The van der Waals surface area contributed by atoms with Crippen LogP contribution in [0.5, 0.6) is 5.75 Å². The van der Waals surface area contributed by atoms with Gasteiger partial charge in [-0.25, -0.2) is 0 Å². The lowest BCUT2D eigenvalue weighted by molar-refractivity contribution is 0.415. The van der Waals surface area contributed by atoms with Crippen LogP contribution in [-0.4, -0.2) is 14.2 Å². The Morgan fingerprint density at radius 1 is 1.06 bits per heavy atom. The van der Waals surface area contributed by atoms with Crippen molar-refractivity contribution in [3.63, 3.8) is 0 Å². The summed E-state index contributed by atoms with van der Waals surface area (Å²) in [5, 5.41) is 0. The summed E-state index contributed by atoms with van der Waals surface area (Å²) in [7, 11) is 3.66. The molecule has 0 amide bonds. The zero-order valence-electron chi connectivity index (χ0n) is 11.0. The van der Waals surface area contributed by atoms with Gasteiger partial charge < -0.3 is 15.4 Å². The highest BCUT2D eigenvalue weighted by molar-refractivity contribution is 5.77. The second kappa shape index (κ2) is 5.00. The van der Waals surface area contributed by atoms with Crippen molar-refractivity contribution >= 4 is 17.1 Å². The SMILES string of the molecule is COc1ccccc1N(C)c1ccc(C)cc1N. The van der Waals surface area contributed by atoms with E-state index >= 15 is 0 Å². The van der Waals surface area contributed by atoms with Gasteiger partial charge in [0.15, 0.2) is 0 Å². The van der Waals surface area contributed by atoms with Crippen LogP contribution in [0, 0.1) is 6.92 Å². The van der Waals surface area contributed by atoms with Gasteiger partial charge in [-0.2, -0.15) is 0 Å². The molecule has 2 rings (SSSR count). The summed E-state index contributed by atoms with van der Waals surface area (Å²) < 4.78 is 5.37. The molecule has 94 valence electrons. The molecule has 0 heterocycles. The predicted molar refractivity (Wildman–Crippen MR) is 76.6 cm³/mol. The molecule has 0 spiro atoms. The van der Waals surface area contributed by atoms with Crippen LogP contribution >= 0.6 is 0 Å². The Hall–Kier alpha value is -2.16. The molecule has 3 heteroatoms. The van der Waals surface area contributed by atoms with Crippen LogP contribution < -0.4 is 15.4 Å². The van der Waals surface area contributed by atoms with Crippen LogP contribution in [0.1, 0.15) is 5.56 Å². The standard InChI is InChI=1S/C15H18N2O/c1-11-8-9-13(12(16)10-11)17(2)14-6-4-5-7-15(14)18-3/h4-10H,16H2,1-3H3. The monoisotopic (exact) mass is 242 g/mol. The van der Waals surface area contributed by atoms with Crippen molar-refractivity contribution in [2.24, 2.45) is 0 Å². The number of methoxy groups -OCH3 is 1. The lowest BCUT2D eigenvalue weighted by Crippen LogP contribution is -2.12. The van der Waals surface area contributed by atoms with Crippen molar-refractivity contribution < 1.29 is 4.74 Å². The van der Waals surface area contributed by atoms with Gasteiger partial charge in [0.25, 0.3) is 0 Å². The number of nitrogen functional groups attached to an aromatic ring is 1. The van der Waals surface area contributed by atoms with Gasteiger partial charge in [0, 0.05) is 7.05 Å². The number of nitrogens with zero attached hydrogens (tertiary/aromatic N) is 1. The minimum Gasteiger partial charge on any atom is -0.495 e. The molecule has 3 nitrogen and oxygen atoms in total. The van der Waals surface area contributed by atoms with E-state index in [0.29, 0.717) is 0 Å². The van der Waals surface area contributed by atoms with Crippen molar-refractivity contribution in [1.29, 1.82) is 0 Å². The van der Waals surface area contributed by atoms with E-state index in [2.05, 4.69) is 6.07 Å². The molecule has 0 bridgehead atoms. The normalized spacial score (nSPS) is 10.2. The van der Waals surface area contributed by atoms with Crippen molar-refractivity contribution in [3.8, 4) is 5.75 Å². The summed E-state index contributed by atoms with van der Waals surface area (Å²) in [6, 6.07) is 13.9. The summed E-state index contributed by atoms with van der Waals surface area (Å²) in [5.74, 6) is 0.833. The molecule has 0 aromatic heterocycles. The maximum Gasteiger partial charge on any atom is 0.142 e. The van der Waals surface area contributed by atoms with E-state index in [-0.39, 0.29) is 0 Å². The number of anilines is 3. The van der Waals surface area contributed by atoms with Crippen LogP contribution in [0.25, 0.3) is 0 Å². The fourth-order valence-electron chi connectivity index (χ4n) is 2.02. The van der Waals surface area contributed by atoms with Gasteiger partial charge in [-0.15, -0.1) is 0 Å². The van der Waals surface area contributed by atoms with Gasteiger partial charge in [0.2, 0.25) is 0 Å². The number of benzene rings is 2. The van der Waals surface area contributed by atoms with Gasteiger partial charge in [-0.1, -0.05) is 18.2 Å². The highest BCUT2D eigenvalue weighted by Crippen LogP contribution is 2.35. The summed E-state index contributed by atoms with van der Waals surface area (Å²) in [6.07, 6.45) is 0. The number of para-hydroxylation sites is 2. The molecule has 18 heavy (non-hydrogen) atoms. The summed E-state index contributed by atoms with van der Waals surface area (Å²) in [5.41, 5.74) is 9.97. The van der Waals surface area contributed by atoms with Gasteiger partial charge in [-0.3, -0.25) is 0 Å². The molecule has 2 aromatic carbocycles. The maximum absolute atomic E-state index is 6.07. The van der Waals surface area contributed by atoms with Crippen LogP contribution in [0.4, 0.5) is 17.1 Å². The van der Waals surface area contributed by atoms with E-state index in [1.807, 2.05) is 55.3 Å². The van der Waals surface area contributed by atoms with E-state index in [1.54, 1.807) is 7.11 Å². The van der Waals surface area contributed by atoms with Gasteiger partial charge in [-0.05, 0) is 36.8 Å². The molecule has 0 radical (unpaired) electrons. The fraction of sp³-hybridized carbons (Fsp3) is 0.200. The summed E-state index contributed by atoms with van der Waals surface area (Å²) in [4.78, 5) is 2.04. The molecule has 0 unspecified atom stereocenters. The molecule has 0 atom stereocenters. The Morgan fingerprint density at radius 2 is 1.78 bits per heavy atom. The summed E-state index contributed by atoms with van der Waals surface area (Å²) in [6.45, 7) is 2.03. The average molecular weight is 242 g/mol. The first-order valence-corrected chi connectivity index (χ1v) is 5.86.